The molecule has 72 valence electrons. The summed E-state index contributed by atoms with van der Waals surface area (Å²) in [4.78, 5) is 0. The molecule has 3 unspecified atom stereocenters. The van der Waals surface area contributed by atoms with Crippen molar-refractivity contribution in [2.45, 2.75) is 32.2 Å². The Bertz CT molecular complexity index is 155. The van der Waals surface area contributed by atoms with Crippen molar-refractivity contribution in [2.24, 2.45) is 11.3 Å². The standard InChI is InChI=1S/C9H17NO.BrH/c1-7-4-8-2-3-9(7,6-11)5-10-8;/h7-8,10-11H,2-6H2,1H3;1H. The number of aliphatic hydroxyl groups excluding tert-OH is 1. The van der Waals surface area contributed by atoms with Crippen molar-refractivity contribution in [3.05, 3.63) is 0 Å². The lowest BCUT2D eigenvalue weighted by Crippen LogP contribution is -2.57. The molecule has 3 rings (SSSR count). The fraction of sp³-hybridized carbons (Fsp3) is 1.00. The summed E-state index contributed by atoms with van der Waals surface area (Å²) >= 11 is 0. The van der Waals surface area contributed by atoms with Gasteiger partial charge in [-0.1, -0.05) is 6.92 Å². The SMILES string of the molecule is Br.CC1CC2CCC1(CO)CN2. The van der Waals surface area contributed by atoms with Crippen molar-refractivity contribution in [2.75, 3.05) is 13.2 Å². The average Bonchev–Trinajstić information content (AvgIpc) is 2.07. The van der Waals surface area contributed by atoms with E-state index in [4.69, 9.17) is 0 Å². The smallest absolute Gasteiger partial charge is 0.0502 e. The molecule has 3 atom stereocenters. The molecule has 0 spiro atoms. The maximum atomic E-state index is 9.30. The molecule has 2 saturated heterocycles. The summed E-state index contributed by atoms with van der Waals surface area (Å²) in [5, 5.41) is 12.8. The Morgan fingerprint density at radius 1 is 1.58 bits per heavy atom. The molecular formula is C9H18BrNO. The topological polar surface area (TPSA) is 32.3 Å². The predicted molar refractivity (Wildman–Crippen MR) is 54.6 cm³/mol. The highest BCUT2D eigenvalue weighted by Gasteiger charge is 2.44. The first-order chi connectivity index (χ1) is 5.27. The van der Waals surface area contributed by atoms with Crippen LogP contribution in [0.1, 0.15) is 26.2 Å². The number of rotatable bonds is 1. The summed E-state index contributed by atoms with van der Waals surface area (Å²) in [6.07, 6.45) is 3.76. The molecule has 2 N–H and O–H groups in total. The van der Waals surface area contributed by atoms with Crippen LogP contribution in [0.15, 0.2) is 0 Å². The Morgan fingerprint density at radius 2 is 2.33 bits per heavy atom. The van der Waals surface area contributed by atoms with Gasteiger partial charge in [-0.15, -0.1) is 17.0 Å². The first kappa shape index (κ1) is 10.5. The van der Waals surface area contributed by atoms with Gasteiger partial charge in [0.15, 0.2) is 0 Å². The van der Waals surface area contributed by atoms with Crippen LogP contribution in [0.5, 0.6) is 0 Å². The number of piperidine rings is 2. The fourth-order valence-electron chi connectivity index (χ4n) is 2.59. The zero-order valence-electron chi connectivity index (χ0n) is 7.55. The second-order valence-corrected chi connectivity index (χ2v) is 4.27. The van der Waals surface area contributed by atoms with E-state index in [2.05, 4.69) is 12.2 Å². The summed E-state index contributed by atoms with van der Waals surface area (Å²) < 4.78 is 0. The van der Waals surface area contributed by atoms with E-state index in [1.165, 1.54) is 19.3 Å². The van der Waals surface area contributed by atoms with E-state index in [1.54, 1.807) is 0 Å². The summed E-state index contributed by atoms with van der Waals surface area (Å²) in [5.41, 5.74) is 0.231. The lowest BCUT2D eigenvalue weighted by molar-refractivity contribution is -0.0166. The van der Waals surface area contributed by atoms with Gasteiger partial charge < -0.3 is 10.4 Å². The second-order valence-electron chi connectivity index (χ2n) is 4.27. The van der Waals surface area contributed by atoms with E-state index in [0.717, 1.165) is 12.6 Å². The maximum Gasteiger partial charge on any atom is 0.0502 e. The molecule has 1 aliphatic carbocycles. The first-order valence-electron chi connectivity index (χ1n) is 4.61. The summed E-state index contributed by atoms with van der Waals surface area (Å²) in [5.74, 6) is 0.715. The molecule has 1 saturated carbocycles. The van der Waals surface area contributed by atoms with E-state index in [0.29, 0.717) is 12.5 Å². The van der Waals surface area contributed by atoms with E-state index in [1.807, 2.05) is 0 Å². The Morgan fingerprint density at radius 3 is 2.67 bits per heavy atom. The van der Waals surface area contributed by atoms with Gasteiger partial charge in [0.2, 0.25) is 0 Å². The Labute approximate surface area is 84.5 Å². The summed E-state index contributed by atoms with van der Waals surface area (Å²) in [6, 6.07) is 0.749. The van der Waals surface area contributed by atoms with Crippen molar-refractivity contribution < 1.29 is 5.11 Å². The molecule has 3 fully saturated rings. The molecule has 0 amide bonds. The highest BCUT2D eigenvalue weighted by molar-refractivity contribution is 8.93. The molecule has 2 heterocycles. The van der Waals surface area contributed by atoms with Crippen LogP contribution in [0.25, 0.3) is 0 Å². The van der Waals surface area contributed by atoms with Crippen LogP contribution in [-0.2, 0) is 0 Å². The van der Waals surface area contributed by atoms with Crippen molar-refractivity contribution in [1.82, 2.24) is 5.32 Å². The quantitative estimate of drug-likeness (QED) is 0.720. The highest BCUT2D eigenvalue weighted by Crippen LogP contribution is 2.43. The number of aliphatic hydroxyl groups is 1. The highest BCUT2D eigenvalue weighted by atomic mass is 79.9. The van der Waals surface area contributed by atoms with Crippen LogP contribution in [0.3, 0.4) is 0 Å². The zero-order chi connectivity index (χ0) is 7.90. The molecule has 0 aromatic rings. The number of fused-ring (bicyclic) bond motifs is 3. The van der Waals surface area contributed by atoms with Crippen LogP contribution in [0.2, 0.25) is 0 Å². The summed E-state index contributed by atoms with van der Waals surface area (Å²) in [7, 11) is 0. The molecule has 2 aliphatic heterocycles. The van der Waals surface area contributed by atoms with Crippen LogP contribution in [-0.4, -0.2) is 24.3 Å². The third-order valence-electron chi connectivity index (χ3n) is 3.73. The minimum atomic E-state index is 0. The fourth-order valence-corrected chi connectivity index (χ4v) is 2.59. The third-order valence-corrected chi connectivity index (χ3v) is 3.73. The van der Waals surface area contributed by atoms with Gasteiger partial charge in [0.05, 0.1) is 6.61 Å². The van der Waals surface area contributed by atoms with Crippen molar-refractivity contribution >= 4 is 17.0 Å². The van der Waals surface area contributed by atoms with E-state index in [-0.39, 0.29) is 22.4 Å². The van der Waals surface area contributed by atoms with Crippen LogP contribution < -0.4 is 5.32 Å². The lowest BCUT2D eigenvalue weighted by atomic mass is 9.63. The summed E-state index contributed by atoms with van der Waals surface area (Å²) in [6.45, 7) is 3.69. The van der Waals surface area contributed by atoms with E-state index >= 15 is 0 Å². The molecule has 0 radical (unpaired) electrons. The van der Waals surface area contributed by atoms with Gasteiger partial charge in [-0.2, -0.15) is 0 Å². The van der Waals surface area contributed by atoms with Gasteiger partial charge in [0.25, 0.3) is 0 Å². The minimum absolute atomic E-state index is 0. The zero-order valence-corrected chi connectivity index (χ0v) is 9.26. The van der Waals surface area contributed by atoms with Gasteiger partial charge in [-0.25, -0.2) is 0 Å². The molecular weight excluding hydrogens is 218 g/mol. The molecule has 3 aliphatic rings. The number of halogens is 1. The normalized spacial score (nSPS) is 45.5. The number of hydrogen-bond acceptors (Lipinski definition) is 2. The molecule has 2 nitrogen and oxygen atoms in total. The average molecular weight is 236 g/mol. The van der Waals surface area contributed by atoms with Crippen LogP contribution >= 0.6 is 17.0 Å². The van der Waals surface area contributed by atoms with Crippen molar-refractivity contribution in [1.29, 1.82) is 0 Å². The van der Waals surface area contributed by atoms with Gasteiger partial charge in [0, 0.05) is 18.0 Å². The molecule has 3 heteroatoms. The minimum Gasteiger partial charge on any atom is -0.396 e. The van der Waals surface area contributed by atoms with Crippen LogP contribution in [0, 0.1) is 11.3 Å². The molecule has 12 heavy (non-hydrogen) atoms. The van der Waals surface area contributed by atoms with Crippen molar-refractivity contribution in [3.8, 4) is 0 Å². The Hall–Kier alpha value is 0.400. The first-order valence-corrected chi connectivity index (χ1v) is 4.61. The van der Waals surface area contributed by atoms with Gasteiger partial charge >= 0.3 is 0 Å². The molecule has 0 aromatic heterocycles. The molecule has 2 bridgehead atoms. The van der Waals surface area contributed by atoms with Crippen molar-refractivity contribution in [3.63, 3.8) is 0 Å². The number of nitrogens with one attached hydrogen (secondary N) is 1. The van der Waals surface area contributed by atoms with E-state index < -0.39 is 0 Å². The van der Waals surface area contributed by atoms with Gasteiger partial charge in [-0.05, 0) is 25.2 Å². The second kappa shape index (κ2) is 3.64. The third kappa shape index (κ3) is 1.42. The monoisotopic (exact) mass is 235 g/mol. The number of hydrogen-bond donors (Lipinski definition) is 2. The van der Waals surface area contributed by atoms with Crippen LogP contribution in [0.4, 0.5) is 0 Å². The molecule has 0 aromatic carbocycles. The van der Waals surface area contributed by atoms with Gasteiger partial charge in [-0.3, -0.25) is 0 Å². The predicted octanol–water partition coefficient (Wildman–Crippen LogP) is 1.33. The van der Waals surface area contributed by atoms with Gasteiger partial charge in [0.1, 0.15) is 0 Å². The lowest BCUT2D eigenvalue weighted by Gasteiger charge is -2.50. The Balaban J connectivity index is 0.000000720. The van der Waals surface area contributed by atoms with E-state index in [9.17, 15) is 5.11 Å². The Kier molecular flexibility index (Phi) is 3.18. The largest absolute Gasteiger partial charge is 0.396 e. The maximum absolute atomic E-state index is 9.30.